The molecule has 0 amide bonds. The molecule has 1 aromatic heterocycles. The maximum absolute atomic E-state index is 8.55. The molecule has 0 aliphatic heterocycles. The smallest absolute Gasteiger partial charge is 0.129 e. The van der Waals surface area contributed by atoms with Crippen molar-refractivity contribution in [3.8, 4) is 17.3 Å². The molecule has 2 rings (SSSR count). The van der Waals surface area contributed by atoms with E-state index in [0.29, 0.717) is 0 Å². The van der Waals surface area contributed by atoms with Crippen molar-refractivity contribution in [2.75, 3.05) is 0 Å². The van der Waals surface area contributed by atoms with Crippen LogP contribution in [0.4, 0.5) is 0 Å². The van der Waals surface area contributed by atoms with Crippen LogP contribution in [0.15, 0.2) is 28.9 Å². The highest BCUT2D eigenvalue weighted by Gasteiger charge is 2.06. The molecule has 2 aromatic rings. The summed E-state index contributed by atoms with van der Waals surface area (Å²) < 4.78 is 2.56. The quantitative estimate of drug-likeness (QED) is 0.847. The molecule has 0 aliphatic rings. The molecule has 1 aromatic carbocycles. The van der Waals surface area contributed by atoms with E-state index in [1.54, 1.807) is 6.20 Å². The van der Waals surface area contributed by atoms with E-state index in [1.807, 2.05) is 31.2 Å². The first-order valence-electron chi connectivity index (χ1n) is 4.74. The fourth-order valence-electron chi connectivity index (χ4n) is 1.49. The van der Waals surface area contributed by atoms with Crippen molar-refractivity contribution >= 4 is 15.9 Å². The summed E-state index contributed by atoms with van der Waals surface area (Å²) in [5, 5.41) is 16.5. The van der Waals surface area contributed by atoms with Gasteiger partial charge >= 0.3 is 0 Å². The number of nitriles is 1. The molecule has 0 unspecified atom stereocenters. The van der Waals surface area contributed by atoms with Gasteiger partial charge < -0.3 is 0 Å². The highest BCUT2D eigenvalue weighted by molar-refractivity contribution is 9.10. The number of hydrogen-bond donors (Lipinski definition) is 0. The summed E-state index contributed by atoms with van der Waals surface area (Å²) in [6.07, 6.45) is 1.78. The number of aryl methyl sites for hydroxylation is 1. The molecule has 0 bridgehead atoms. The molecule has 5 heteroatoms. The molecule has 1 heterocycles. The Morgan fingerprint density at radius 1 is 1.50 bits per heavy atom. The number of rotatable bonds is 2. The van der Waals surface area contributed by atoms with Gasteiger partial charge in [-0.3, -0.25) is 0 Å². The summed E-state index contributed by atoms with van der Waals surface area (Å²) in [5.41, 5.74) is 2.95. The van der Waals surface area contributed by atoms with E-state index in [0.717, 1.165) is 21.3 Å². The highest BCUT2D eigenvalue weighted by Crippen LogP contribution is 2.23. The van der Waals surface area contributed by atoms with Crippen molar-refractivity contribution in [2.45, 2.75) is 13.5 Å². The zero-order chi connectivity index (χ0) is 11.5. The van der Waals surface area contributed by atoms with Crippen LogP contribution in [-0.2, 0) is 6.54 Å². The Bertz CT molecular complexity index is 553. The van der Waals surface area contributed by atoms with E-state index in [9.17, 15) is 0 Å². The largest absolute Gasteiger partial charge is 0.238 e. The van der Waals surface area contributed by atoms with Gasteiger partial charge in [0.25, 0.3) is 0 Å². The molecule has 80 valence electrons. The minimum atomic E-state index is 0.225. The second kappa shape index (κ2) is 4.45. The number of hydrogen-bond acceptors (Lipinski definition) is 3. The normalized spacial score (nSPS) is 10.1. The Kier molecular flexibility index (Phi) is 3.02. The van der Waals surface area contributed by atoms with Gasteiger partial charge in [-0.1, -0.05) is 27.2 Å². The number of halogens is 1. The van der Waals surface area contributed by atoms with Crippen LogP contribution in [0.5, 0.6) is 0 Å². The Balaban J connectivity index is 2.39. The summed E-state index contributed by atoms with van der Waals surface area (Å²) in [4.78, 5) is 0. The predicted molar refractivity (Wildman–Crippen MR) is 63.5 cm³/mol. The molecule has 16 heavy (non-hydrogen) atoms. The summed E-state index contributed by atoms with van der Waals surface area (Å²) in [6, 6.07) is 8.00. The number of nitrogens with zero attached hydrogens (tertiary/aromatic N) is 4. The van der Waals surface area contributed by atoms with Gasteiger partial charge in [-0.2, -0.15) is 5.26 Å². The van der Waals surface area contributed by atoms with Crippen LogP contribution in [0.1, 0.15) is 5.56 Å². The molecular weight excluding hydrogens is 268 g/mol. The fourth-order valence-corrected chi connectivity index (χ4v) is 1.96. The molecule has 0 saturated carbocycles. The van der Waals surface area contributed by atoms with Crippen LogP contribution < -0.4 is 0 Å². The van der Waals surface area contributed by atoms with Gasteiger partial charge in [-0.15, -0.1) is 5.10 Å². The first-order valence-corrected chi connectivity index (χ1v) is 5.53. The Labute approximate surface area is 102 Å². The Hall–Kier alpha value is -1.67. The first kappa shape index (κ1) is 10.8. The lowest BCUT2D eigenvalue weighted by Gasteiger charge is -2.01. The van der Waals surface area contributed by atoms with Gasteiger partial charge in [0.15, 0.2) is 0 Å². The molecular formula is C11H9BrN4. The standard InChI is InChI=1S/C11H9BrN4/c1-8-6-9(12)2-3-10(8)11-7-16(5-4-13)15-14-11/h2-3,6-7H,5H2,1H3. The van der Waals surface area contributed by atoms with E-state index >= 15 is 0 Å². The average molecular weight is 277 g/mol. The van der Waals surface area contributed by atoms with Crippen molar-refractivity contribution in [2.24, 2.45) is 0 Å². The third-order valence-corrected chi connectivity index (χ3v) is 2.73. The molecule has 4 nitrogen and oxygen atoms in total. The van der Waals surface area contributed by atoms with Crippen LogP contribution in [0.25, 0.3) is 11.3 Å². The zero-order valence-corrected chi connectivity index (χ0v) is 10.3. The first-order chi connectivity index (χ1) is 7.70. The zero-order valence-electron chi connectivity index (χ0n) is 8.68. The van der Waals surface area contributed by atoms with Crippen molar-refractivity contribution < 1.29 is 0 Å². The van der Waals surface area contributed by atoms with Gasteiger partial charge in [-0.25, -0.2) is 4.68 Å². The third-order valence-electron chi connectivity index (χ3n) is 2.24. The van der Waals surface area contributed by atoms with E-state index in [-0.39, 0.29) is 6.54 Å². The highest BCUT2D eigenvalue weighted by atomic mass is 79.9. The van der Waals surface area contributed by atoms with Gasteiger partial charge in [0.1, 0.15) is 12.2 Å². The minimum Gasteiger partial charge on any atom is -0.238 e. The van der Waals surface area contributed by atoms with E-state index in [2.05, 4.69) is 26.2 Å². The monoisotopic (exact) mass is 276 g/mol. The molecule has 0 N–H and O–H groups in total. The number of benzene rings is 1. The molecule has 0 spiro atoms. The van der Waals surface area contributed by atoms with E-state index in [4.69, 9.17) is 5.26 Å². The lowest BCUT2D eigenvalue weighted by atomic mass is 10.1. The van der Waals surface area contributed by atoms with Crippen molar-refractivity contribution in [3.63, 3.8) is 0 Å². The molecule has 0 radical (unpaired) electrons. The Morgan fingerprint density at radius 3 is 3.00 bits per heavy atom. The van der Waals surface area contributed by atoms with Gasteiger partial charge in [-0.05, 0) is 24.6 Å². The number of aromatic nitrogens is 3. The van der Waals surface area contributed by atoms with Crippen LogP contribution in [0, 0.1) is 18.3 Å². The van der Waals surface area contributed by atoms with Crippen molar-refractivity contribution in [1.82, 2.24) is 15.0 Å². The SMILES string of the molecule is Cc1cc(Br)ccc1-c1cn(CC#N)nn1. The van der Waals surface area contributed by atoms with Crippen LogP contribution >= 0.6 is 15.9 Å². The lowest BCUT2D eigenvalue weighted by molar-refractivity contribution is 0.668. The summed E-state index contributed by atoms with van der Waals surface area (Å²) >= 11 is 3.41. The summed E-state index contributed by atoms with van der Waals surface area (Å²) in [5.74, 6) is 0. The van der Waals surface area contributed by atoms with Crippen molar-refractivity contribution in [3.05, 3.63) is 34.4 Å². The molecule has 0 fully saturated rings. The van der Waals surface area contributed by atoms with Crippen LogP contribution in [0.2, 0.25) is 0 Å². The maximum atomic E-state index is 8.55. The van der Waals surface area contributed by atoms with Gasteiger partial charge in [0, 0.05) is 10.0 Å². The Morgan fingerprint density at radius 2 is 2.31 bits per heavy atom. The predicted octanol–water partition coefficient (Wildman–Crippen LogP) is 2.54. The topological polar surface area (TPSA) is 54.5 Å². The van der Waals surface area contributed by atoms with Gasteiger partial charge in [0.2, 0.25) is 0 Å². The fraction of sp³-hybridized carbons (Fsp3) is 0.182. The minimum absolute atomic E-state index is 0.225. The molecule has 0 aliphatic carbocycles. The maximum Gasteiger partial charge on any atom is 0.129 e. The van der Waals surface area contributed by atoms with E-state index in [1.165, 1.54) is 4.68 Å². The van der Waals surface area contributed by atoms with Crippen LogP contribution in [-0.4, -0.2) is 15.0 Å². The second-order valence-electron chi connectivity index (χ2n) is 3.42. The summed E-state index contributed by atoms with van der Waals surface area (Å²) in [7, 11) is 0. The summed E-state index contributed by atoms with van der Waals surface area (Å²) in [6.45, 7) is 2.24. The lowest BCUT2D eigenvalue weighted by Crippen LogP contribution is -1.94. The second-order valence-corrected chi connectivity index (χ2v) is 4.33. The van der Waals surface area contributed by atoms with Crippen molar-refractivity contribution in [1.29, 1.82) is 5.26 Å². The van der Waals surface area contributed by atoms with E-state index < -0.39 is 0 Å². The van der Waals surface area contributed by atoms with Crippen LogP contribution in [0.3, 0.4) is 0 Å². The van der Waals surface area contributed by atoms with Gasteiger partial charge in [0.05, 0.1) is 12.3 Å². The average Bonchev–Trinajstić information content (AvgIpc) is 2.67. The third kappa shape index (κ3) is 2.12. The molecule has 0 saturated heterocycles. The molecule has 0 atom stereocenters.